The van der Waals surface area contributed by atoms with Crippen LogP contribution in [0, 0.1) is 10.1 Å². The summed E-state index contributed by atoms with van der Waals surface area (Å²) in [7, 11) is -4.07. The SMILES string of the molecule is NS(=O)(=O)c1ccc(NCC2CN(C(CF)CF)CCO2)c([N+](=O)[O-])c1. The summed E-state index contributed by atoms with van der Waals surface area (Å²) in [5, 5.41) is 19.0. The number of sulfonamides is 1. The van der Waals surface area contributed by atoms with E-state index in [1.165, 1.54) is 6.07 Å². The van der Waals surface area contributed by atoms with Crippen molar-refractivity contribution in [3.63, 3.8) is 0 Å². The zero-order valence-electron chi connectivity index (χ0n) is 13.8. The maximum atomic E-state index is 12.8. The van der Waals surface area contributed by atoms with Crippen molar-refractivity contribution in [1.82, 2.24) is 4.90 Å². The number of hydrogen-bond donors (Lipinski definition) is 2. The molecular formula is C14H20F2N4O5S. The number of nitrogens with one attached hydrogen (secondary N) is 1. The van der Waals surface area contributed by atoms with Crippen molar-refractivity contribution in [2.24, 2.45) is 5.14 Å². The molecule has 1 aromatic rings. The normalized spacial score (nSPS) is 18.8. The maximum Gasteiger partial charge on any atom is 0.293 e. The average molecular weight is 394 g/mol. The van der Waals surface area contributed by atoms with Crippen LogP contribution in [0.25, 0.3) is 0 Å². The first-order chi connectivity index (χ1) is 12.3. The van der Waals surface area contributed by atoms with Crippen LogP contribution in [0.15, 0.2) is 23.1 Å². The minimum absolute atomic E-state index is 0.0932. The molecule has 1 fully saturated rings. The predicted molar refractivity (Wildman–Crippen MR) is 90.0 cm³/mol. The summed E-state index contributed by atoms with van der Waals surface area (Å²) in [6, 6.07) is 2.43. The second-order valence-electron chi connectivity index (χ2n) is 5.81. The standard InChI is InChI=1S/C14H20F2N4O5S/c15-6-10(7-16)19-3-4-25-11(9-19)8-18-13-2-1-12(26(17,23)24)5-14(13)20(21)22/h1-2,5,10-11,18H,3-4,6-9H2,(H2,17,23,24). The highest BCUT2D eigenvalue weighted by molar-refractivity contribution is 7.89. The number of halogens is 2. The van der Waals surface area contributed by atoms with Crippen LogP contribution < -0.4 is 10.5 Å². The van der Waals surface area contributed by atoms with Gasteiger partial charge < -0.3 is 10.1 Å². The van der Waals surface area contributed by atoms with Crippen molar-refractivity contribution in [3.05, 3.63) is 28.3 Å². The largest absolute Gasteiger partial charge is 0.377 e. The fourth-order valence-corrected chi connectivity index (χ4v) is 3.18. The van der Waals surface area contributed by atoms with Gasteiger partial charge in [-0.15, -0.1) is 0 Å². The van der Waals surface area contributed by atoms with Crippen molar-refractivity contribution < 1.29 is 26.9 Å². The third kappa shape index (κ3) is 5.06. The first kappa shape index (κ1) is 20.4. The first-order valence-corrected chi connectivity index (χ1v) is 9.33. The Bertz CT molecular complexity index is 745. The second kappa shape index (κ2) is 8.66. The minimum Gasteiger partial charge on any atom is -0.377 e. The molecular weight excluding hydrogens is 374 g/mol. The molecule has 1 aliphatic heterocycles. The van der Waals surface area contributed by atoms with Crippen molar-refractivity contribution >= 4 is 21.4 Å². The fraction of sp³-hybridized carbons (Fsp3) is 0.571. The monoisotopic (exact) mass is 394 g/mol. The number of nitro benzene ring substituents is 1. The minimum atomic E-state index is -4.07. The third-order valence-corrected chi connectivity index (χ3v) is 4.97. The zero-order chi connectivity index (χ0) is 19.3. The highest BCUT2D eigenvalue weighted by Gasteiger charge is 2.27. The Balaban J connectivity index is 2.08. The number of anilines is 1. The summed E-state index contributed by atoms with van der Waals surface area (Å²) in [6.07, 6.45) is -0.429. The molecule has 0 aromatic heterocycles. The molecule has 0 spiro atoms. The Kier molecular flexibility index (Phi) is 6.81. The van der Waals surface area contributed by atoms with Crippen LogP contribution in [-0.4, -0.2) is 70.0 Å². The first-order valence-electron chi connectivity index (χ1n) is 7.79. The molecule has 26 heavy (non-hydrogen) atoms. The molecule has 0 radical (unpaired) electrons. The molecule has 0 amide bonds. The Morgan fingerprint density at radius 2 is 2.12 bits per heavy atom. The quantitative estimate of drug-likeness (QED) is 0.490. The molecule has 1 aliphatic rings. The summed E-state index contributed by atoms with van der Waals surface area (Å²) in [6.45, 7) is -0.506. The molecule has 146 valence electrons. The van der Waals surface area contributed by atoms with Gasteiger partial charge in [-0.05, 0) is 12.1 Å². The van der Waals surface area contributed by atoms with Crippen LogP contribution in [0.4, 0.5) is 20.2 Å². The lowest BCUT2D eigenvalue weighted by atomic mass is 10.2. The van der Waals surface area contributed by atoms with Gasteiger partial charge >= 0.3 is 0 Å². The molecule has 0 bridgehead atoms. The summed E-state index contributed by atoms with van der Waals surface area (Å²) >= 11 is 0. The lowest BCUT2D eigenvalue weighted by Gasteiger charge is -2.36. The number of rotatable bonds is 8. The van der Waals surface area contributed by atoms with Crippen LogP contribution in [0.2, 0.25) is 0 Å². The Labute approximate surface area is 149 Å². The lowest BCUT2D eigenvalue weighted by molar-refractivity contribution is -0.384. The number of nitrogens with zero attached hydrogens (tertiary/aromatic N) is 2. The number of alkyl halides is 2. The molecule has 2 rings (SSSR count). The molecule has 1 aromatic carbocycles. The predicted octanol–water partition coefficient (Wildman–Crippen LogP) is 0.663. The molecule has 0 saturated carbocycles. The van der Waals surface area contributed by atoms with Crippen LogP contribution in [0.1, 0.15) is 0 Å². The molecule has 1 saturated heterocycles. The third-order valence-electron chi connectivity index (χ3n) is 4.06. The molecule has 1 heterocycles. The Hall–Kier alpha value is -1.89. The van der Waals surface area contributed by atoms with Crippen molar-refractivity contribution in [2.75, 3.05) is 44.9 Å². The highest BCUT2D eigenvalue weighted by Crippen LogP contribution is 2.27. The second-order valence-corrected chi connectivity index (χ2v) is 7.37. The van der Waals surface area contributed by atoms with Gasteiger partial charge in [-0.3, -0.25) is 15.0 Å². The van der Waals surface area contributed by atoms with E-state index in [-0.39, 0.29) is 30.3 Å². The Morgan fingerprint density at radius 1 is 1.42 bits per heavy atom. The average Bonchev–Trinajstić information content (AvgIpc) is 2.60. The van der Waals surface area contributed by atoms with E-state index >= 15 is 0 Å². The fourth-order valence-electron chi connectivity index (χ4n) is 2.65. The van der Waals surface area contributed by atoms with E-state index in [4.69, 9.17) is 9.88 Å². The number of hydrogen-bond acceptors (Lipinski definition) is 7. The van der Waals surface area contributed by atoms with Gasteiger partial charge in [-0.2, -0.15) is 0 Å². The van der Waals surface area contributed by atoms with Gasteiger partial charge in [0.1, 0.15) is 19.0 Å². The molecule has 0 aliphatic carbocycles. The van der Waals surface area contributed by atoms with Crippen LogP contribution in [0.5, 0.6) is 0 Å². The summed E-state index contributed by atoms with van der Waals surface area (Å²) in [5.74, 6) is 0. The molecule has 1 atom stereocenters. The number of nitrogens with two attached hydrogens (primary N) is 1. The summed E-state index contributed by atoms with van der Waals surface area (Å²) in [5.41, 5.74) is -0.356. The zero-order valence-corrected chi connectivity index (χ0v) is 14.6. The lowest BCUT2D eigenvalue weighted by Crippen LogP contribution is -2.51. The van der Waals surface area contributed by atoms with E-state index in [2.05, 4.69) is 5.32 Å². The van der Waals surface area contributed by atoms with Crippen molar-refractivity contribution in [1.29, 1.82) is 0 Å². The number of benzene rings is 1. The highest BCUT2D eigenvalue weighted by atomic mass is 32.2. The van der Waals surface area contributed by atoms with Crippen LogP contribution >= 0.6 is 0 Å². The number of primary sulfonamides is 1. The van der Waals surface area contributed by atoms with Gasteiger partial charge in [0.2, 0.25) is 10.0 Å². The molecule has 12 heteroatoms. The van der Waals surface area contributed by atoms with Crippen molar-refractivity contribution in [2.45, 2.75) is 17.0 Å². The van der Waals surface area contributed by atoms with Crippen LogP contribution in [0.3, 0.4) is 0 Å². The van der Waals surface area contributed by atoms with E-state index in [0.717, 1.165) is 12.1 Å². The van der Waals surface area contributed by atoms with Gasteiger partial charge in [0, 0.05) is 25.7 Å². The van der Waals surface area contributed by atoms with E-state index in [9.17, 15) is 27.3 Å². The van der Waals surface area contributed by atoms with Gasteiger partial charge in [0.05, 0.1) is 28.6 Å². The van der Waals surface area contributed by atoms with E-state index in [1.807, 2.05) is 0 Å². The topological polar surface area (TPSA) is 128 Å². The van der Waals surface area contributed by atoms with E-state index in [1.54, 1.807) is 4.90 Å². The van der Waals surface area contributed by atoms with Gasteiger partial charge in [-0.1, -0.05) is 0 Å². The summed E-state index contributed by atoms with van der Waals surface area (Å²) in [4.78, 5) is 11.7. The Morgan fingerprint density at radius 3 is 2.69 bits per heavy atom. The molecule has 1 unspecified atom stereocenters. The van der Waals surface area contributed by atoms with Crippen LogP contribution in [-0.2, 0) is 14.8 Å². The number of morpholine rings is 1. The summed E-state index contributed by atoms with van der Waals surface area (Å²) < 4.78 is 53.8. The van der Waals surface area contributed by atoms with Crippen molar-refractivity contribution in [3.8, 4) is 0 Å². The van der Waals surface area contributed by atoms with E-state index in [0.29, 0.717) is 6.54 Å². The number of nitro groups is 1. The maximum absolute atomic E-state index is 12.8. The van der Waals surface area contributed by atoms with E-state index < -0.39 is 46.1 Å². The number of ether oxygens (including phenoxy) is 1. The molecule has 9 nitrogen and oxygen atoms in total. The smallest absolute Gasteiger partial charge is 0.293 e. The molecule has 3 N–H and O–H groups in total. The van der Waals surface area contributed by atoms with Gasteiger partial charge in [-0.25, -0.2) is 22.3 Å². The van der Waals surface area contributed by atoms with Gasteiger partial charge in [0.25, 0.3) is 5.69 Å². The van der Waals surface area contributed by atoms with Gasteiger partial charge in [0.15, 0.2) is 0 Å².